The van der Waals surface area contributed by atoms with Gasteiger partial charge in [-0.3, -0.25) is 10.1 Å². The molecule has 0 aliphatic carbocycles. The Hall–Kier alpha value is 0.0700. The predicted octanol–water partition coefficient (Wildman–Crippen LogP) is 0.725. The Labute approximate surface area is 83.3 Å². The van der Waals surface area contributed by atoms with Crippen molar-refractivity contribution >= 4 is 30.1 Å². The predicted molar refractivity (Wildman–Crippen MR) is 54.5 cm³/mol. The molecular formula is C7H15ClN2OS. The SMILES string of the molecule is CC1(C)N[C@](C)(C(N)=O)CS1.Cl. The van der Waals surface area contributed by atoms with E-state index in [1.807, 2.05) is 20.8 Å². The minimum Gasteiger partial charge on any atom is -0.368 e. The third-order valence-corrected chi connectivity index (χ3v) is 3.39. The molecule has 3 N–H and O–H groups in total. The van der Waals surface area contributed by atoms with Crippen molar-refractivity contribution in [2.75, 3.05) is 5.75 Å². The van der Waals surface area contributed by atoms with Crippen molar-refractivity contribution in [1.29, 1.82) is 0 Å². The highest BCUT2D eigenvalue weighted by atomic mass is 35.5. The third-order valence-electron chi connectivity index (χ3n) is 1.84. The maximum atomic E-state index is 11.0. The number of thioether (sulfide) groups is 1. The molecule has 1 heterocycles. The van der Waals surface area contributed by atoms with E-state index in [1.165, 1.54) is 0 Å². The Morgan fingerprint density at radius 2 is 2.00 bits per heavy atom. The van der Waals surface area contributed by atoms with Crippen LogP contribution >= 0.6 is 24.2 Å². The van der Waals surface area contributed by atoms with Crippen LogP contribution in [0.4, 0.5) is 0 Å². The number of primary amides is 1. The summed E-state index contributed by atoms with van der Waals surface area (Å²) in [5, 5.41) is 3.19. The van der Waals surface area contributed by atoms with E-state index in [0.717, 1.165) is 5.75 Å². The summed E-state index contributed by atoms with van der Waals surface area (Å²) in [7, 11) is 0. The van der Waals surface area contributed by atoms with Gasteiger partial charge < -0.3 is 5.73 Å². The summed E-state index contributed by atoms with van der Waals surface area (Å²) in [4.78, 5) is 10.9. The Kier molecular flexibility index (Phi) is 3.46. The van der Waals surface area contributed by atoms with Crippen LogP contribution in [-0.4, -0.2) is 22.1 Å². The van der Waals surface area contributed by atoms with Gasteiger partial charge >= 0.3 is 0 Å². The number of halogens is 1. The van der Waals surface area contributed by atoms with Crippen LogP contribution in [-0.2, 0) is 4.79 Å². The lowest BCUT2D eigenvalue weighted by Gasteiger charge is -2.24. The van der Waals surface area contributed by atoms with Crippen LogP contribution in [0.3, 0.4) is 0 Å². The van der Waals surface area contributed by atoms with Crippen molar-refractivity contribution in [3.05, 3.63) is 0 Å². The lowest BCUT2D eigenvalue weighted by Crippen LogP contribution is -2.54. The maximum absolute atomic E-state index is 11.0. The number of amides is 1. The van der Waals surface area contributed by atoms with Gasteiger partial charge in [-0.25, -0.2) is 0 Å². The molecule has 0 aromatic heterocycles. The highest BCUT2D eigenvalue weighted by Gasteiger charge is 2.43. The van der Waals surface area contributed by atoms with Gasteiger partial charge in [0.15, 0.2) is 0 Å². The summed E-state index contributed by atoms with van der Waals surface area (Å²) in [5.41, 5.74) is 4.72. The second kappa shape index (κ2) is 3.44. The molecule has 1 saturated heterocycles. The molecule has 0 saturated carbocycles. The smallest absolute Gasteiger partial charge is 0.238 e. The fraction of sp³-hybridized carbons (Fsp3) is 0.857. The standard InChI is InChI=1S/C7H14N2OS.ClH/c1-6(2)9-7(3,4-11-6)5(8)10;/h9H,4H2,1-3H3,(H2,8,10);1H/t7-;/m0./s1. The molecule has 1 amide bonds. The molecule has 1 aliphatic heterocycles. The van der Waals surface area contributed by atoms with Crippen molar-refractivity contribution in [2.24, 2.45) is 5.73 Å². The van der Waals surface area contributed by atoms with E-state index in [-0.39, 0.29) is 23.2 Å². The summed E-state index contributed by atoms with van der Waals surface area (Å²) in [5.74, 6) is 0.491. The van der Waals surface area contributed by atoms with Crippen LogP contribution in [0.2, 0.25) is 0 Å². The average molecular weight is 211 g/mol. The zero-order chi connectivity index (χ0) is 8.70. The lowest BCUT2D eigenvalue weighted by molar-refractivity contribution is -0.123. The molecular weight excluding hydrogens is 196 g/mol. The fourth-order valence-corrected chi connectivity index (χ4v) is 2.36. The molecule has 0 spiro atoms. The summed E-state index contributed by atoms with van der Waals surface area (Å²) in [6.45, 7) is 5.94. The third kappa shape index (κ3) is 2.28. The monoisotopic (exact) mass is 210 g/mol. The number of hydrogen-bond acceptors (Lipinski definition) is 3. The van der Waals surface area contributed by atoms with Crippen molar-refractivity contribution in [1.82, 2.24) is 5.32 Å². The van der Waals surface area contributed by atoms with Crippen molar-refractivity contribution in [2.45, 2.75) is 31.2 Å². The molecule has 12 heavy (non-hydrogen) atoms. The van der Waals surface area contributed by atoms with Gasteiger partial charge in [-0.1, -0.05) is 0 Å². The van der Waals surface area contributed by atoms with E-state index in [2.05, 4.69) is 5.32 Å². The summed E-state index contributed by atoms with van der Waals surface area (Å²) in [6, 6.07) is 0. The van der Waals surface area contributed by atoms with Crippen LogP contribution < -0.4 is 11.1 Å². The summed E-state index contributed by atoms with van der Waals surface area (Å²) >= 11 is 1.72. The van der Waals surface area contributed by atoms with Crippen LogP contribution in [0.1, 0.15) is 20.8 Å². The van der Waals surface area contributed by atoms with Gasteiger partial charge in [0, 0.05) is 5.75 Å². The lowest BCUT2D eigenvalue weighted by atomic mass is 10.0. The highest BCUT2D eigenvalue weighted by molar-refractivity contribution is 8.00. The molecule has 1 atom stereocenters. The van der Waals surface area contributed by atoms with Crippen LogP contribution in [0, 0.1) is 0 Å². The Morgan fingerprint density at radius 3 is 2.17 bits per heavy atom. The molecule has 1 aliphatic rings. The van der Waals surface area contributed by atoms with Gasteiger partial charge in [-0.2, -0.15) is 0 Å². The molecule has 1 fully saturated rings. The first-order chi connectivity index (χ1) is 4.86. The summed E-state index contributed by atoms with van der Waals surface area (Å²) < 4.78 is 0. The van der Waals surface area contributed by atoms with E-state index < -0.39 is 5.54 Å². The molecule has 0 aromatic rings. The average Bonchev–Trinajstić information content (AvgIpc) is 2.08. The van der Waals surface area contributed by atoms with Gasteiger partial charge in [0.1, 0.15) is 5.54 Å². The number of rotatable bonds is 1. The first-order valence-corrected chi connectivity index (χ1v) is 4.57. The van der Waals surface area contributed by atoms with Gasteiger partial charge in [-0.15, -0.1) is 24.2 Å². The van der Waals surface area contributed by atoms with Crippen LogP contribution in [0.5, 0.6) is 0 Å². The van der Waals surface area contributed by atoms with E-state index in [1.54, 1.807) is 11.8 Å². The molecule has 72 valence electrons. The second-order valence-corrected chi connectivity index (χ2v) is 5.22. The van der Waals surface area contributed by atoms with E-state index in [0.29, 0.717) is 0 Å². The zero-order valence-electron chi connectivity index (χ0n) is 7.51. The number of carbonyl (C=O) groups excluding carboxylic acids is 1. The Bertz CT molecular complexity index is 198. The topological polar surface area (TPSA) is 55.1 Å². The second-order valence-electron chi connectivity index (χ2n) is 3.62. The first kappa shape index (κ1) is 12.1. The largest absolute Gasteiger partial charge is 0.368 e. The van der Waals surface area contributed by atoms with Gasteiger partial charge in [0.25, 0.3) is 0 Å². The Morgan fingerprint density at radius 1 is 1.50 bits per heavy atom. The van der Waals surface area contributed by atoms with Gasteiger partial charge in [0.2, 0.25) is 5.91 Å². The van der Waals surface area contributed by atoms with Crippen molar-refractivity contribution in [3.8, 4) is 0 Å². The number of nitrogens with two attached hydrogens (primary N) is 1. The molecule has 1 rings (SSSR count). The highest BCUT2D eigenvalue weighted by Crippen LogP contribution is 2.34. The normalized spacial score (nSPS) is 32.6. The number of nitrogens with one attached hydrogen (secondary N) is 1. The van der Waals surface area contributed by atoms with E-state index in [4.69, 9.17) is 5.73 Å². The molecule has 0 aromatic carbocycles. The van der Waals surface area contributed by atoms with Crippen molar-refractivity contribution < 1.29 is 4.79 Å². The van der Waals surface area contributed by atoms with Crippen LogP contribution in [0.25, 0.3) is 0 Å². The van der Waals surface area contributed by atoms with E-state index >= 15 is 0 Å². The van der Waals surface area contributed by atoms with Crippen LogP contribution in [0.15, 0.2) is 0 Å². The minimum absolute atomic E-state index is 0. The maximum Gasteiger partial charge on any atom is 0.238 e. The fourth-order valence-electron chi connectivity index (χ4n) is 1.19. The van der Waals surface area contributed by atoms with Gasteiger partial charge in [-0.05, 0) is 20.8 Å². The number of carbonyl (C=O) groups is 1. The molecule has 0 unspecified atom stereocenters. The van der Waals surface area contributed by atoms with Gasteiger partial charge in [0.05, 0.1) is 4.87 Å². The zero-order valence-corrected chi connectivity index (χ0v) is 9.14. The minimum atomic E-state index is -0.520. The summed E-state index contributed by atoms with van der Waals surface area (Å²) in [6.07, 6.45) is 0. The number of hydrogen-bond donors (Lipinski definition) is 2. The quantitative estimate of drug-likeness (QED) is 0.671. The molecule has 0 radical (unpaired) electrons. The molecule has 0 bridgehead atoms. The molecule has 3 nitrogen and oxygen atoms in total. The van der Waals surface area contributed by atoms with E-state index in [9.17, 15) is 4.79 Å². The molecule has 5 heteroatoms. The Balaban J connectivity index is 0.00000121. The first-order valence-electron chi connectivity index (χ1n) is 3.59. The van der Waals surface area contributed by atoms with Crippen molar-refractivity contribution in [3.63, 3.8) is 0 Å².